The zero-order valence-corrected chi connectivity index (χ0v) is 30.4. The topological polar surface area (TPSA) is 162 Å². The molecule has 5 N–H and O–H groups in total. The number of ketones is 1. The molecule has 1 amide bonds. The van der Waals surface area contributed by atoms with Crippen LogP contribution in [0, 0.1) is 19.8 Å². The second kappa shape index (κ2) is 15.7. The Morgan fingerprint density at radius 3 is 2.11 bits per heavy atom. The summed E-state index contributed by atoms with van der Waals surface area (Å²) in [6.07, 6.45) is 11.6. The van der Waals surface area contributed by atoms with Gasteiger partial charge in [0, 0.05) is 31.0 Å². The maximum Gasteiger partial charge on any atom is 0.323 e. The van der Waals surface area contributed by atoms with Gasteiger partial charge in [0.1, 0.15) is 17.4 Å². The fourth-order valence-corrected chi connectivity index (χ4v) is 7.62. The van der Waals surface area contributed by atoms with E-state index in [-0.39, 0.29) is 30.8 Å². The number of benzene rings is 2. The van der Waals surface area contributed by atoms with Crippen LogP contribution < -0.4 is 10.6 Å². The van der Waals surface area contributed by atoms with Gasteiger partial charge in [0.15, 0.2) is 5.78 Å². The van der Waals surface area contributed by atoms with Crippen molar-refractivity contribution in [3.63, 3.8) is 0 Å². The van der Waals surface area contributed by atoms with Crippen LogP contribution in [0.4, 0.5) is 5.69 Å². The lowest BCUT2D eigenvalue weighted by Crippen LogP contribution is -2.39. The smallest absolute Gasteiger partial charge is 0.323 e. The zero-order valence-electron chi connectivity index (χ0n) is 30.4. The first-order valence-electron chi connectivity index (χ1n) is 18.8. The molecule has 1 atom stereocenters. The number of carboxylic acid groups (broad SMARTS) is 1. The number of aliphatic hydroxyl groups is 2. The number of pyridine rings is 2. The number of hydrogen-bond acceptors (Lipinski definition) is 8. The lowest BCUT2D eigenvalue weighted by Gasteiger charge is -2.31. The summed E-state index contributed by atoms with van der Waals surface area (Å²) in [6, 6.07) is 14.5. The number of aryl methyl sites for hydroxylation is 1. The summed E-state index contributed by atoms with van der Waals surface area (Å²) in [5.41, 5.74) is 10.5. The van der Waals surface area contributed by atoms with Gasteiger partial charge in [0.2, 0.25) is 0 Å². The first-order chi connectivity index (χ1) is 25.6. The van der Waals surface area contributed by atoms with Gasteiger partial charge >= 0.3 is 5.97 Å². The first-order valence-corrected chi connectivity index (χ1v) is 18.8. The molecule has 2 aromatic heterocycles. The Bertz CT molecular complexity index is 2030. The van der Waals surface area contributed by atoms with Gasteiger partial charge in [0.25, 0.3) is 5.91 Å². The Morgan fingerprint density at radius 2 is 1.45 bits per heavy atom. The number of carboxylic acids is 1. The molecule has 276 valence electrons. The largest absolute Gasteiger partial charge is 0.480 e. The number of rotatable bonds is 16. The van der Waals surface area contributed by atoms with Crippen LogP contribution in [0.3, 0.4) is 0 Å². The van der Waals surface area contributed by atoms with Gasteiger partial charge in [-0.05, 0) is 151 Å². The number of amides is 1. The Labute approximate surface area is 310 Å². The summed E-state index contributed by atoms with van der Waals surface area (Å²) >= 11 is 0. The predicted molar refractivity (Wildman–Crippen MR) is 202 cm³/mol. The van der Waals surface area contributed by atoms with Crippen molar-refractivity contribution in [3.05, 3.63) is 111 Å². The van der Waals surface area contributed by atoms with E-state index in [4.69, 9.17) is 0 Å². The van der Waals surface area contributed by atoms with Crippen LogP contribution in [0.5, 0.6) is 0 Å². The third-order valence-electron chi connectivity index (χ3n) is 11.3. The highest BCUT2D eigenvalue weighted by molar-refractivity contribution is 6.04. The van der Waals surface area contributed by atoms with Crippen molar-refractivity contribution in [2.75, 3.05) is 11.9 Å². The predicted octanol–water partition coefficient (Wildman–Crippen LogP) is 6.43. The number of aromatic nitrogens is 2. The number of nitrogens with one attached hydrogen (secondary N) is 2. The van der Waals surface area contributed by atoms with E-state index in [1.54, 1.807) is 6.20 Å². The van der Waals surface area contributed by atoms with Gasteiger partial charge in [-0.2, -0.15) is 0 Å². The minimum atomic E-state index is -1.12. The van der Waals surface area contributed by atoms with E-state index in [1.807, 2.05) is 68.6 Å². The SMILES string of the molecule is Cc1c(CC(=O)c2cc(C3CC3)c(CN[C@H](CO)C(=O)O)cn2)cccc1-c1cccc(NC(=O)c2cc(C3CC3)c(CCC3CC(O)C3)cn2)c1C. The van der Waals surface area contributed by atoms with Crippen LogP contribution in [0.2, 0.25) is 0 Å². The molecule has 3 aliphatic carbocycles. The van der Waals surface area contributed by atoms with E-state index in [1.165, 1.54) is 11.1 Å². The van der Waals surface area contributed by atoms with Crippen molar-refractivity contribution in [2.24, 2.45) is 5.92 Å². The molecule has 0 bridgehead atoms. The monoisotopic (exact) mass is 716 g/mol. The quantitative estimate of drug-likeness (QED) is 0.0823. The number of nitrogens with zero attached hydrogens (tertiary/aromatic N) is 2. The van der Waals surface area contributed by atoms with Crippen LogP contribution in [0.15, 0.2) is 60.9 Å². The maximum absolute atomic E-state index is 13.6. The normalized spacial score (nSPS) is 18.6. The number of anilines is 1. The highest BCUT2D eigenvalue weighted by Gasteiger charge is 2.31. The molecular formula is C43H48N4O6. The number of aliphatic carboxylic acids is 1. The van der Waals surface area contributed by atoms with E-state index in [0.29, 0.717) is 34.8 Å². The van der Waals surface area contributed by atoms with Crippen LogP contribution in [-0.2, 0) is 24.2 Å². The third-order valence-corrected chi connectivity index (χ3v) is 11.3. The van der Waals surface area contributed by atoms with Crippen LogP contribution in [-0.4, -0.2) is 61.7 Å². The summed E-state index contributed by atoms with van der Waals surface area (Å²) in [5, 5.41) is 34.3. The van der Waals surface area contributed by atoms with E-state index >= 15 is 0 Å². The molecule has 0 saturated heterocycles. The lowest BCUT2D eigenvalue weighted by molar-refractivity contribution is -0.140. The van der Waals surface area contributed by atoms with Gasteiger partial charge in [0.05, 0.1) is 12.7 Å². The number of Topliss-reactive ketones (excluding diaryl/α,β-unsaturated/α-hetero) is 1. The minimum absolute atomic E-state index is 0.103. The molecule has 0 radical (unpaired) electrons. The van der Waals surface area contributed by atoms with Crippen molar-refractivity contribution in [2.45, 2.75) is 102 Å². The second-order valence-corrected chi connectivity index (χ2v) is 15.2. The Hall–Kier alpha value is -4.77. The standard InChI is InChI=1S/C43H48N4O6/c1-24-29(17-41(50)38-18-36(28-13-14-28)31(21-44-38)22-46-40(23-48)43(52)53)5-3-6-33(24)34-7-4-8-37(25(34)2)47-42(51)39-19-35(27-11-12-27)30(20-45-39)10-9-26-15-32(49)16-26/h3-8,18-21,26-28,32,40,46,48-49H,9-17,22-23H2,1-2H3,(H,47,51)(H,52,53)/t26?,32?,40-/m1/s1. The van der Waals surface area contributed by atoms with Crippen LogP contribution >= 0.6 is 0 Å². The number of carbonyl (C=O) groups is 3. The summed E-state index contributed by atoms with van der Waals surface area (Å²) in [6.45, 7) is 3.72. The third kappa shape index (κ3) is 8.40. The van der Waals surface area contributed by atoms with Crippen molar-refractivity contribution >= 4 is 23.3 Å². The Morgan fingerprint density at radius 1 is 0.830 bits per heavy atom. The summed E-state index contributed by atoms with van der Waals surface area (Å²) in [5.74, 6) is -0.0981. The molecule has 10 heteroatoms. The number of aliphatic hydroxyl groups excluding tert-OH is 2. The van der Waals surface area contributed by atoms with E-state index in [9.17, 15) is 29.7 Å². The second-order valence-electron chi connectivity index (χ2n) is 15.2. The van der Waals surface area contributed by atoms with E-state index in [0.717, 1.165) is 90.3 Å². The van der Waals surface area contributed by atoms with Gasteiger partial charge in [-0.1, -0.05) is 30.3 Å². The highest BCUT2D eigenvalue weighted by Crippen LogP contribution is 2.43. The number of hydrogen-bond donors (Lipinski definition) is 5. The van der Waals surface area contributed by atoms with E-state index in [2.05, 4.69) is 20.6 Å². The molecule has 3 fully saturated rings. The fourth-order valence-electron chi connectivity index (χ4n) is 7.62. The molecule has 4 aromatic rings. The van der Waals surface area contributed by atoms with Gasteiger partial charge in [-0.25, -0.2) is 0 Å². The summed E-state index contributed by atoms with van der Waals surface area (Å²) < 4.78 is 0. The van der Waals surface area contributed by atoms with Crippen molar-refractivity contribution in [1.82, 2.24) is 15.3 Å². The average Bonchev–Trinajstić information content (AvgIpc) is 4.06. The summed E-state index contributed by atoms with van der Waals surface area (Å²) in [4.78, 5) is 47.6. The molecule has 0 spiro atoms. The van der Waals surface area contributed by atoms with Gasteiger partial charge in [-0.3, -0.25) is 29.7 Å². The van der Waals surface area contributed by atoms with Crippen LogP contribution in [0.1, 0.15) is 117 Å². The zero-order chi connectivity index (χ0) is 37.2. The van der Waals surface area contributed by atoms with E-state index < -0.39 is 18.6 Å². The molecular weight excluding hydrogens is 668 g/mol. The summed E-state index contributed by atoms with van der Waals surface area (Å²) in [7, 11) is 0. The molecule has 7 rings (SSSR count). The Balaban J connectivity index is 1.05. The molecule has 53 heavy (non-hydrogen) atoms. The fraction of sp³-hybridized carbons (Fsp3) is 0.419. The Kier molecular flexibility index (Phi) is 10.8. The minimum Gasteiger partial charge on any atom is -0.480 e. The van der Waals surface area contributed by atoms with Gasteiger partial charge < -0.3 is 20.6 Å². The molecule has 0 unspecified atom stereocenters. The number of carbonyl (C=O) groups excluding carboxylic acids is 2. The lowest BCUT2D eigenvalue weighted by atomic mass is 9.78. The van der Waals surface area contributed by atoms with Crippen LogP contribution in [0.25, 0.3) is 11.1 Å². The van der Waals surface area contributed by atoms with Crippen molar-refractivity contribution < 1.29 is 29.7 Å². The molecule has 2 heterocycles. The highest BCUT2D eigenvalue weighted by atomic mass is 16.4. The van der Waals surface area contributed by atoms with Crippen molar-refractivity contribution in [1.29, 1.82) is 0 Å². The average molecular weight is 717 g/mol. The first kappa shape index (κ1) is 36.6. The molecule has 0 aliphatic heterocycles. The molecule has 3 saturated carbocycles. The molecule has 2 aromatic carbocycles. The maximum atomic E-state index is 13.6. The molecule has 3 aliphatic rings. The van der Waals surface area contributed by atoms with Crippen molar-refractivity contribution in [3.8, 4) is 11.1 Å². The molecule has 10 nitrogen and oxygen atoms in total. The van der Waals surface area contributed by atoms with Gasteiger partial charge in [-0.15, -0.1) is 0 Å².